The summed E-state index contributed by atoms with van der Waals surface area (Å²) in [7, 11) is 0. The molecule has 2 rings (SSSR count). The molecule has 0 aliphatic heterocycles. The molecule has 100 valence electrons. The van der Waals surface area contributed by atoms with Crippen molar-refractivity contribution >= 4 is 0 Å². The number of hydrogen-bond acceptors (Lipinski definition) is 3. The van der Waals surface area contributed by atoms with E-state index in [9.17, 15) is 10.2 Å². The second-order valence-corrected chi connectivity index (χ2v) is 5.85. The minimum absolute atomic E-state index is 0.0365. The van der Waals surface area contributed by atoms with Crippen LogP contribution in [-0.2, 0) is 6.42 Å². The zero-order valence-corrected chi connectivity index (χ0v) is 11.2. The highest BCUT2D eigenvalue weighted by atomic mass is 16.3. The molecule has 0 fully saturated rings. The van der Waals surface area contributed by atoms with Gasteiger partial charge in [-0.1, -0.05) is 38.1 Å². The van der Waals surface area contributed by atoms with Gasteiger partial charge in [0.2, 0.25) is 0 Å². The molecule has 0 heterocycles. The summed E-state index contributed by atoms with van der Waals surface area (Å²) in [5, 5.41) is 21.9. The lowest BCUT2D eigenvalue weighted by atomic mass is 9.70. The number of benzene rings is 1. The van der Waals surface area contributed by atoms with Crippen LogP contribution in [0.15, 0.2) is 24.3 Å². The zero-order valence-electron chi connectivity index (χ0n) is 11.2. The van der Waals surface area contributed by atoms with Crippen molar-refractivity contribution in [3.63, 3.8) is 0 Å². The third-order valence-electron chi connectivity index (χ3n) is 4.03. The van der Waals surface area contributed by atoms with E-state index < -0.39 is 0 Å². The Morgan fingerprint density at radius 3 is 2.61 bits per heavy atom. The predicted octanol–water partition coefficient (Wildman–Crippen LogP) is 1.64. The van der Waals surface area contributed by atoms with Crippen LogP contribution in [0, 0.1) is 5.41 Å². The van der Waals surface area contributed by atoms with Crippen LogP contribution in [0.5, 0.6) is 0 Å². The lowest BCUT2D eigenvalue weighted by molar-refractivity contribution is 0.124. The van der Waals surface area contributed by atoms with E-state index in [1.165, 1.54) is 11.1 Å². The minimum atomic E-state index is -0.250. The summed E-state index contributed by atoms with van der Waals surface area (Å²) in [4.78, 5) is 0. The second-order valence-electron chi connectivity index (χ2n) is 5.85. The molecule has 3 nitrogen and oxygen atoms in total. The molecule has 18 heavy (non-hydrogen) atoms. The van der Waals surface area contributed by atoms with E-state index in [2.05, 4.69) is 43.4 Å². The third kappa shape index (κ3) is 2.58. The molecule has 3 N–H and O–H groups in total. The average Bonchev–Trinajstić information content (AvgIpc) is 2.38. The van der Waals surface area contributed by atoms with Crippen LogP contribution in [0.25, 0.3) is 0 Å². The lowest BCUT2D eigenvalue weighted by Gasteiger charge is -2.42. The highest BCUT2D eigenvalue weighted by molar-refractivity contribution is 5.34. The van der Waals surface area contributed by atoms with Crippen molar-refractivity contribution in [2.45, 2.75) is 38.8 Å². The summed E-state index contributed by atoms with van der Waals surface area (Å²) in [5.41, 5.74) is 2.82. The molecule has 0 saturated carbocycles. The smallest absolute Gasteiger partial charge is 0.0607 e. The van der Waals surface area contributed by atoms with Gasteiger partial charge in [-0.25, -0.2) is 0 Å². The van der Waals surface area contributed by atoms with Gasteiger partial charge in [-0.2, -0.15) is 0 Å². The molecule has 1 aliphatic carbocycles. The van der Waals surface area contributed by atoms with Crippen LogP contribution in [-0.4, -0.2) is 29.5 Å². The molecule has 0 aromatic heterocycles. The van der Waals surface area contributed by atoms with Gasteiger partial charge in [-0.3, -0.25) is 0 Å². The van der Waals surface area contributed by atoms with Gasteiger partial charge in [0.05, 0.1) is 19.3 Å². The van der Waals surface area contributed by atoms with E-state index in [-0.39, 0.29) is 30.7 Å². The molecular formula is C15H23NO2. The van der Waals surface area contributed by atoms with Crippen molar-refractivity contribution in [2.24, 2.45) is 5.41 Å². The molecule has 0 amide bonds. The first kappa shape index (κ1) is 13.5. The highest BCUT2D eigenvalue weighted by Gasteiger charge is 2.36. The Hall–Kier alpha value is -0.900. The van der Waals surface area contributed by atoms with Crippen LogP contribution < -0.4 is 5.32 Å². The van der Waals surface area contributed by atoms with Crippen molar-refractivity contribution in [1.82, 2.24) is 5.32 Å². The molecule has 1 atom stereocenters. The Kier molecular flexibility index (Phi) is 4.05. The van der Waals surface area contributed by atoms with Crippen molar-refractivity contribution in [2.75, 3.05) is 13.2 Å². The van der Waals surface area contributed by atoms with E-state index in [0.29, 0.717) is 0 Å². The van der Waals surface area contributed by atoms with Gasteiger partial charge in [0.15, 0.2) is 0 Å². The molecule has 0 radical (unpaired) electrons. The Morgan fingerprint density at radius 1 is 1.28 bits per heavy atom. The molecule has 1 unspecified atom stereocenters. The van der Waals surface area contributed by atoms with Crippen molar-refractivity contribution < 1.29 is 10.2 Å². The number of aliphatic hydroxyl groups excluding tert-OH is 2. The molecule has 0 bridgehead atoms. The number of hydrogen-bond donors (Lipinski definition) is 3. The SMILES string of the molecule is CC1(C)CCc2ccccc2C1NC(CO)CO. The molecule has 0 saturated heterocycles. The van der Waals surface area contributed by atoms with Crippen molar-refractivity contribution in [3.05, 3.63) is 35.4 Å². The Labute approximate surface area is 109 Å². The number of fused-ring (bicyclic) bond motifs is 1. The Bertz CT molecular complexity index is 399. The van der Waals surface area contributed by atoms with E-state index in [1.54, 1.807) is 0 Å². The quantitative estimate of drug-likeness (QED) is 0.760. The molecule has 3 heteroatoms. The molecule has 1 aliphatic rings. The zero-order chi connectivity index (χ0) is 13.2. The summed E-state index contributed by atoms with van der Waals surface area (Å²) >= 11 is 0. The minimum Gasteiger partial charge on any atom is -0.395 e. The van der Waals surface area contributed by atoms with Crippen LogP contribution >= 0.6 is 0 Å². The maximum absolute atomic E-state index is 9.25. The summed E-state index contributed by atoms with van der Waals surface area (Å²) in [6.45, 7) is 4.41. The first-order valence-electron chi connectivity index (χ1n) is 6.64. The van der Waals surface area contributed by atoms with Crippen LogP contribution in [0.1, 0.15) is 37.4 Å². The first-order chi connectivity index (χ1) is 8.58. The molecule has 1 aromatic rings. The summed E-state index contributed by atoms with van der Waals surface area (Å²) in [5.74, 6) is 0. The maximum atomic E-state index is 9.25. The van der Waals surface area contributed by atoms with Gasteiger partial charge in [0, 0.05) is 6.04 Å². The van der Waals surface area contributed by atoms with Gasteiger partial charge in [0.1, 0.15) is 0 Å². The van der Waals surface area contributed by atoms with E-state index >= 15 is 0 Å². The Morgan fingerprint density at radius 2 is 1.94 bits per heavy atom. The highest BCUT2D eigenvalue weighted by Crippen LogP contribution is 2.43. The lowest BCUT2D eigenvalue weighted by Crippen LogP contribution is -2.46. The molecule has 0 spiro atoms. The van der Waals surface area contributed by atoms with Gasteiger partial charge in [-0.15, -0.1) is 0 Å². The number of aliphatic hydroxyl groups is 2. The number of nitrogens with one attached hydrogen (secondary N) is 1. The van der Waals surface area contributed by atoms with Gasteiger partial charge in [-0.05, 0) is 29.4 Å². The van der Waals surface area contributed by atoms with E-state index in [4.69, 9.17) is 0 Å². The first-order valence-corrected chi connectivity index (χ1v) is 6.64. The van der Waals surface area contributed by atoms with Gasteiger partial charge in [0.25, 0.3) is 0 Å². The fraction of sp³-hybridized carbons (Fsp3) is 0.600. The summed E-state index contributed by atoms with van der Waals surface area (Å²) in [6.07, 6.45) is 2.22. The monoisotopic (exact) mass is 249 g/mol. The fourth-order valence-electron chi connectivity index (χ4n) is 2.78. The number of rotatable bonds is 4. The van der Waals surface area contributed by atoms with Crippen LogP contribution in [0.3, 0.4) is 0 Å². The van der Waals surface area contributed by atoms with Crippen molar-refractivity contribution in [3.8, 4) is 0 Å². The summed E-state index contributed by atoms with van der Waals surface area (Å²) < 4.78 is 0. The Balaban J connectivity index is 2.29. The predicted molar refractivity (Wildman–Crippen MR) is 72.4 cm³/mol. The second kappa shape index (κ2) is 5.39. The van der Waals surface area contributed by atoms with Crippen LogP contribution in [0.2, 0.25) is 0 Å². The fourth-order valence-corrected chi connectivity index (χ4v) is 2.78. The number of aryl methyl sites for hydroxylation is 1. The largest absolute Gasteiger partial charge is 0.395 e. The van der Waals surface area contributed by atoms with Crippen LogP contribution in [0.4, 0.5) is 0 Å². The normalized spacial score (nSPS) is 21.9. The molecule has 1 aromatic carbocycles. The third-order valence-corrected chi connectivity index (χ3v) is 4.03. The standard InChI is InChI=1S/C15H23NO2/c1-15(2)8-7-11-5-3-4-6-13(11)14(15)16-12(9-17)10-18/h3-6,12,14,16-18H,7-10H2,1-2H3. The van der Waals surface area contributed by atoms with Crippen molar-refractivity contribution in [1.29, 1.82) is 0 Å². The van der Waals surface area contributed by atoms with Gasteiger partial charge < -0.3 is 15.5 Å². The maximum Gasteiger partial charge on any atom is 0.0607 e. The van der Waals surface area contributed by atoms with E-state index in [0.717, 1.165) is 12.8 Å². The topological polar surface area (TPSA) is 52.5 Å². The molecular weight excluding hydrogens is 226 g/mol. The summed E-state index contributed by atoms with van der Waals surface area (Å²) in [6, 6.07) is 8.39. The van der Waals surface area contributed by atoms with E-state index in [1.807, 2.05) is 0 Å². The average molecular weight is 249 g/mol. The van der Waals surface area contributed by atoms with Gasteiger partial charge >= 0.3 is 0 Å².